The third-order valence-corrected chi connectivity index (χ3v) is 1.34. The van der Waals surface area contributed by atoms with E-state index in [-0.39, 0.29) is 0 Å². The fraction of sp³-hybridized carbons (Fsp3) is 0.429. The monoisotopic (exact) mass is 126 g/mol. The van der Waals surface area contributed by atoms with Crippen molar-refractivity contribution in [2.75, 3.05) is 0 Å². The molecule has 0 aromatic carbocycles. The number of allylic oxidation sites excluding steroid dienone is 2. The van der Waals surface area contributed by atoms with E-state index in [1.807, 2.05) is 6.92 Å². The van der Waals surface area contributed by atoms with Gasteiger partial charge in [0.25, 0.3) is 0 Å². The summed E-state index contributed by atoms with van der Waals surface area (Å²) in [6, 6.07) is 0. The molecule has 0 saturated heterocycles. The SMILES string of the molecule is CC1=C[C@H](O)[C@H](O)C=C1. The van der Waals surface area contributed by atoms with Crippen molar-refractivity contribution in [3.8, 4) is 0 Å². The van der Waals surface area contributed by atoms with Gasteiger partial charge in [-0.15, -0.1) is 0 Å². The Morgan fingerprint density at radius 1 is 1.33 bits per heavy atom. The highest BCUT2D eigenvalue weighted by molar-refractivity contribution is 5.24. The van der Waals surface area contributed by atoms with Crippen LogP contribution in [0.1, 0.15) is 6.92 Å². The van der Waals surface area contributed by atoms with Crippen LogP contribution in [0, 0.1) is 0 Å². The smallest absolute Gasteiger partial charge is 0.102 e. The Morgan fingerprint density at radius 3 is 2.44 bits per heavy atom. The Labute approximate surface area is 54.1 Å². The zero-order valence-corrected chi connectivity index (χ0v) is 5.28. The van der Waals surface area contributed by atoms with E-state index in [9.17, 15) is 0 Å². The topological polar surface area (TPSA) is 40.5 Å². The van der Waals surface area contributed by atoms with Crippen molar-refractivity contribution in [2.24, 2.45) is 0 Å². The predicted octanol–water partition coefficient (Wildman–Crippen LogP) is 0.224. The molecule has 0 aliphatic heterocycles. The molecule has 0 unspecified atom stereocenters. The number of hydrogen-bond donors (Lipinski definition) is 2. The first-order valence-electron chi connectivity index (χ1n) is 2.93. The summed E-state index contributed by atoms with van der Waals surface area (Å²) in [6.07, 6.45) is 3.57. The first kappa shape index (κ1) is 6.52. The van der Waals surface area contributed by atoms with Crippen molar-refractivity contribution in [1.29, 1.82) is 0 Å². The first-order valence-corrected chi connectivity index (χ1v) is 2.93. The van der Waals surface area contributed by atoms with Crippen LogP contribution >= 0.6 is 0 Å². The number of aliphatic hydroxyl groups is 2. The summed E-state index contributed by atoms with van der Waals surface area (Å²) in [5.41, 5.74) is 0.993. The van der Waals surface area contributed by atoms with Crippen LogP contribution in [0.15, 0.2) is 23.8 Å². The standard InChI is InChI=1S/C7H10O2/c1-5-2-3-6(8)7(9)4-5/h2-4,6-9H,1H3/t6-,7+/m1/s1. The zero-order valence-electron chi connectivity index (χ0n) is 5.28. The predicted molar refractivity (Wildman–Crippen MR) is 34.9 cm³/mol. The van der Waals surface area contributed by atoms with Gasteiger partial charge in [0.15, 0.2) is 0 Å². The van der Waals surface area contributed by atoms with Gasteiger partial charge in [-0.3, -0.25) is 0 Å². The lowest BCUT2D eigenvalue weighted by Gasteiger charge is -2.14. The molecule has 0 saturated carbocycles. The number of aliphatic hydroxyl groups excluding tert-OH is 2. The molecule has 2 atom stereocenters. The summed E-state index contributed by atoms with van der Waals surface area (Å²) < 4.78 is 0. The van der Waals surface area contributed by atoms with Crippen LogP contribution in [0.25, 0.3) is 0 Å². The molecule has 0 amide bonds. The van der Waals surface area contributed by atoms with Gasteiger partial charge in [0.2, 0.25) is 0 Å². The van der Waals surface area contributed by atoms with Gasteiger partial charge in [-0.2, -0.15) is 0 Å². The highest BCUT2D eigenvalue weighted by Crippen LogP contribution is 2.09. The molecule has 0 aromatic heterocycles. The van der Waals surface area contributed by atoms with Crippen LogP contribution in [-0.2, 0) is 0 Å². The molecule has 0 fully saturated rings. The molecule has 2 N–H and O–H groups in total. The highest BCUT2D eigenvalue weighted by Gasteiger charge is 2.12. The molecule has 2 nitrogen and oxygen atoms in total. The molecule has 9 heavy (non-hydrogen) atoms. The van der Waals surface area contributed by atoms with Gasteiger partial charge < -0.3 is 10.2 Å². The summed E-state index contributed by atoms with van der Waals surface area (Å²) in [5, 5.41) is 17.9. The second kappa shape index (κ2) is 2.33. The summed E-state index contributed by atoms with van der Waals surface area (Å²) in [5.74, 6) is 0. The van der Waals surface area contributed by atoms with Gasteiger partial charge >= 0.3 is 0 Å². The third kappa shape index (κ3) is 1.40. The third-order valence-electron chi connectivity index (χ3n) is 1.34. The van der Waals surface area contributed by atoms with E-state index in [1.165, 1.54) is 0 Å². The van der Waals surface area contributed by atoms with Gasteiger partial charge in [-0.05, 0) is 6.92 Å². The Bertz CT molecular complexity index is 158. The van der Waals surface area contributed by atoms with Gasteiger partial charge in [-0.25, -0.2) is 0 Å². The van der Waals surface area contributed by atoms with E-state index in [1.54, 1.807) is 18.2 Å². The van der Waals surface area contributed by atoms with Crippen LogP contribution in [0.4, 0.5) is 0 Å². The molecule has 50 valence electrons. The second-order valence-electron chi connectivity index (χ2n) is 2.25. The molecular formula is C7H10O2. The van der Waals surface area contributed by atoms with Crippen molar-refractivity contribution < 1.29 is 10.2 Å². The maximum atomic E-state index is 8.97. The van der Waals surface area contributed by atoms with Crippen LogP contribution in [0.5, 0.6) is 0 Å². The van der Waals surface area contributed by atoms with E-state index >= 15 is 0 Å². The molecule has 0 heterocycles. The van der Waals surface area contributed by atoms with Crippen molar-refractivity contribution in [1.82, 2.24) is 0 Å². The lowest BCUT2D eigenvalue weighted by molar-refractivity contribution is 0.0787. The molecule has 0 radical (unpaired) electrons. The molecule has 1 aliphatic carbocycles. The van der Waals surface area contributed by atoms with Gasteiger partial charge in [0, 0.05) is 0 Å². The quantitative estimate of drug-likeness (QED) is 0.487. The van der Waals surface area contributed by atoms with Crippen LogP contribution < -0.4 is 0 Å². The van der Waals surface area contributed by atoms with Crippen molar-refractivity contribution in [2.45, 2.75) is 19.1 Å². The Kier molecular flexibility index (Phi) is 1.69. The van der Waals surface area contributed by atoms with Crippen molar-refractivity contribution in [3.05, 3.63) is 23.8 Å². The molecule has 1 aliphatic rings. The Hall–Kier alpha value is -0.600. The summed E-state index contributed by atoms with van der Waals surface area (Å²) in [7, 11) is 0. The normalized spacial score (nSPS) is 34.3. The molecule has 0 aromatic rings. The summed E-state index contributed by atoms with van der Waals surface area (Å²) >= 11 is 0. The Balaban J connectivity index is 2.70. The molecule has 0 spiro atoms. The molecule has 2 heteroatoms. The van der Waals surface area contributed by atoms with Gasteiger partial charge in [0.1, 0.15) is 12.2 Å². The van der Waals surface area contributed by atoms with Crippen LogP contribution in [-0.4, -0.2) is 22.4 Å². The minimum absolute atomic E-state index is 0.713. The summed E-state index contributed by atoms with van der Waals surface area (Å²) in [4.78, 5) is 0. The molecule has 1 rings (SSSR count). The van der Waals surface area contributed by atoms with Crippen molar-refractivity contribution in [3.63, 3.8) is 0 Å². The van der Waals surface area contributed by atoms with E-state index in [4.69, 9.17) is 10.2 Å². The lowest BCUT2D eigenvalue weighted by atomic mass is 10.0. The van der Waals surface area contributed by atoms with Crippen LogP contribution in [0.2, 0.25) is 0 Å². The highest BCUT2D eigenvalue weighted by atomic mass is 16.3. The average Bonchev–Trinajstić information content (AvgIpc) is 1.80. The fourth-order valence-corrected chi connectivity index (χ4v) is 0.788. The second-order valence-corrected chi connectivity index (χ2v) is 2.25. The number of rotatable bonds is 0. The van der Waals surface area contributed by atoms with E-state index < -0.39 is 12.2 Å². The van der Waals surface area contributed by atoms with E-state index in [0.29, 0.717) is 0 Å². The minimum Gasteiger partial charge on any atom is -0.386 e. The average molecular weight is 126 g/mol. The zero-order chi connectivity index (χ0) is 6.85. The molecule has 0 bridgehead atoms. The maximum absolute atomic E-state index is 8.97. The lowest BCUT2D eigenvalue weighted by Crippen LogP contribution is -2.23. The molecular weight excluding hydrogens is 116 g/mol. The van der Waals surface area contributed by atoms with E-state index in [0.717, 1.165) is 5.57 Å². The summed E-state index contributed by atoms with van der Waals surface area (Å²) in [6.45, 7) is 1.88. The van der Waals surface area contributed by atoms with Crippen molar-refractivity contribution >= 4 is 0 Å². The first-order chi connectivity index (χ1) is 4.20. The number of hydrogen-bond acceptors (Lipinski definition) is 2. The fourth-order valence-electron chi connectivity index (χ4n) is 0.788. The van der Waals surface area contributed by atoms with Gasteiger partial charge in [0.05, 0.1) is 0 Å². The Morgan fingerprint density at radius 2 is 2.00 bits per heavy atom. The van der Waals surface area contributed by atoms with E-state index in [2.05, 4.69) is 0 Å². The minimum atomic E-state index is -0.714. The maximum Gasteiger partial charge on any atom is 0.102 e. The largest absolute Gasteiger partial charge is 0.386 e. The van der Waals surface area contributed by atoms with Gasteiger partial charge in [-0.1, -0.05) is 23.8 Å². The van der Waals surface area contributed by atoms with Crippen LogP contribution in [0.3, 0.4) is 0 Å².